The van der Waals surface area contributed by atoms with Crippen molar-refractivity contribution in [3.05, 3.63) is 12.2 Å². The van der Waals surface area contributed by atoms with Gasteiger partial charge in [-0.3, -0.25) is 14.4 Å². The van der Waals surface area contributed by atoms with E-state index in [4.69, 9.17) is 5.11 Å². The summed E-state index contributed by atoms with van der Waals surface area (Å²) in [5.74, 6) is -2.49. The number of amides is 2. The Morgan fingerprint density at radius 1 is 1.10 bits per heavy atom. The average Bonchev–Trinajstić information content (AvgIpc) is 3.22. The molecule has 6 nitrogen and oxygen atoms in total. The van der Waals surface area contributed by atoms with Crippen LogP contribution in [0.2, 0.25) is 0 Å². The number of allylic oxidation sites excluding steroid dienone is 2. The third-order valence-electron chi connectivity index (χ3n) is 3.68. The van der Waals surface area contributed by atoms with Gasteiger partial charge >= 0.3 is 5.97 Å². The number of carbonyl (C=O) groups excluding carboxylic acids is 2. The zero-order valence-corrected chi connectivity index (χ0v) is 11.3. The zero-order valence-electron chi connectivity index (χ0n) is 11.3. The second kappa shape index (κ2) is 6.54. The molecule has 2 aliphatic carbocycles. The normalized spacial score (nSPS) is 25.0. The van der Waals surface area contributed by atoms with Crippen LogP contribution in [0, 0.1) is 11.8 Å². The molecule has 0 heterocycles. The Hall–Kier alpha value is -1.85. The Morgan fingerprint density at radius 3 is 2.35 bits per heavy atom. The molecule has 2 aliphatic rings. The first-order valence-electron chi connectivity index (χ1n) is 7.03. The van der Waals surface area contributed by atoms with Gasteiger partial charge in [-0.15, -0.1) is 0 Å². The molecule has 0 unspecified atom stereocenters. The summed E-state index contributed by atoms with van der Waals surface area (Å²) in [6.45, 7) is 0.254. The number of carboxylic acids is 1. The Morgan fingerprint density at radius 2 is 1.75 bits per heavy atom. The highest BCUT2D eigenvalue weighted by Crippen LogP contribution is 2.26. The first-order valence-corrected chi connectivity index (χ1v) is 7.03. The van der Waals surface area contributed by atoms with E-state index >= 15 is 0 Å². The topological polar surface area (TPSA) is 95.5 Å². The van der Waals surface area contributed by atoms with Gasteiger partial charge in [0.2, 0.25) is 11.8 Å². The third kappa shape index (κ3) is 4.08. The number of hydrogen-bond acceptors (Lipinski definition) is 3. The summed E-state index contributed by atoms with van der Waals surface area (Å²) < 4.78 is 0. The fraction of sp³-hybridized carbons (Fsp3) is 0.643. The molecule has 0 aromatic carbocycles. The Balaban J connectivity index is 1.73. The number of nitrogens with one attached hydrogen (secondary N) is 2. The summed E-state index contributed by atoms with van der Waals surface area (Å²) in [5, 5.41) is 14.6. The van der Waals surface area contributed by atoms with E-state index in [1.807, 2.05) is 6.08 Å². The standard InChI is InChI=1S/C14H20N2O4/c17-12(16-9-5-6-9)7-8-15-13(18)10-3-1-2-4-11(10)14(19)20/h1-2,9-11H,3-8H2,(H,15,18)(H,16,17)(H,19,20)/t10-,11+/m1/s1. The van der Waals surface area contributed by atoms with Gasteiger partial charge < -0.3 is 15.7 Å². The maximum atomic E-state index is 12.0. The molecule has 2 amide bonds. The van der Waals surface area contributed by atoms with Crippen molar-refractivity contribution in [2.75, 3.05) is 6.54 Å². The Labute approximate surface area is 117 Å². The first kappa shape index (κ1) is 14.6. The molecule has 6 heteroatoms. The fourth-order valence-electron chi connectivity index (χ4n) is 2.33. The van der Waals surface area contributed by atoms with Crippen molar-refractivity contribution in [2.45, 2.75) is 38.1 Å². The third-order valence-corrected chi connectivity index (χ3v) is 3.68. The monoisotopic (exact) mass is 280 g/mol. The molecule has 2 rings (SSSR count). The molecule has 0 bridgehead atoms. The van der Waals surface area contributed by atoms with E-state index in [0.29, 0.717) is 18.9 Å². The van der Waals surface area contributed by atoms with Crippen molar-refractivity contribution in [1.29, 1.82) is 0 Å². The molecular weight excluding hydrogens is 260 g/mol. The second-order valence-electron chi connectivity index (χ2n) is 5.38. The fourth-order valence-corrected chi connectivity index (χ4v) is 2.33. The smallest absolute Gasteiger partial charge is 0.307 e. The van der Waals surface area contributed by atoms with Gasteiger partial charge in [-0.05, 0) is 25.7 Å². The van der Waals surface area contributed by atoms with E-state index in [2.05, 4.69) is 10.6 Å². The van der Waals surface area contributed by atoms with Crippen molar-refractivity contribution in [3.63, 3.8) is 0 Å². The number of carboxylic acid groups (broad SMARTS) is 1. The average molecular weight is 280 g/mol. The van der Waals surface area contributed by atoms with Crippen molar-refractivity contribution in [3.8, 4) is 0 Å². The summed E-state index contributed by atoms with van der Waals surface area (Å²) in [6, 6.07) is 0.318. The van der Waals surface area contributed by atoms with E-state index in [1.54, 1.807) is 6.08 Å². The van der Waals surface area contributed by atoms with Crippen molar-refractivity contribution < 1.29 is 19.5 Å². The Kier molecular flexibility index (Phi) is 4.76. The van der Waals surface area contributed by atoms with E-state index in [1.165, 1.54) is 0 Å². The van der Waals surface area contributed by atoms with Crippen molar-refractivity contribution in [2.24, 2.45) is 11.8 Å². The second-order valence-corrected chi connectivity index (χ2v) is 5.38. The minimum absolute atomic E-state index is 0.0638. The molecule has 0 radical (unpaired) electrons. The summed E-state index contributed by atoms with van der Waals surface area (Å²) in [4.78, 5) is 34.5. The zero-order chi connectivity index (χ0) is 14.5. The predicted molar refractivity (Wildman–Crippen MR) is 71.8 cm³/mol. The van der Waals surface area contributed by atoms with E-state index < -0.39 is 17.8 Å². The molecular formula is C14H20N2O4. The Bertz CT molecular complexity index is 429. The van der Waals surface area contributed by atoms with Gasteiger partial charge in [-0.1, -0.05) is 12.2 Å². The van der Waals surface area contributed by atoms with Crippen LogP contribution in [0.3, 0.4) is 0 Å². The summed E-state index contributed by atoms with van der Waals surface area (Å²) in [7, 11) is 0. The lowest BCUT2D eigenvalue weighted by Gasteiger charge is -2.24. The van der Waals surface area contributed by atoms with E-state index in [0.717, 1.165) is 12.8 Å². The molecule has 1 saturated carbocycles. The van der Waals surface area contributed by atoms with Gasteiger partial charge in [0, 0.05) is 19.0 Å². The maximum Gasteiger partial charge on any atom is 0.307 e. The molecule has 2 atom stereocenters. The highest BCUT2D eigenvalue weighted by Gasteiger charge is 2.33. The number of rotatable bonds is 6. The van der Waals surface area contributed by atoms with Gasteiger partial charge in [0.1, 0.15) is 0 Å². The number of hydrogen-bond donors (Lipinski definition) is 3. The van der Waals surface area contributed by atoms with Gasteiger partial charge in [0.15, 0.2) is 0 Å². The van der Waals surface area contributed by atoms with Gasteiger partial charge in [-0.2, -0.15) is 0 Å². The maximum absolute atomic E-state index is 12.0. The summed E-state index contributed by atoms with van der Waals surface area (Å²) >= 11 is 0. The van der Waals surface area contributed by atoms with E-state index in [-0.39, 0.29) is 24.8 Å². The number of carbonyl (C=O) groups is 3. The molecule has 1 fully saturated rings. The van der Waals surface area contributed by atoms with Crippen LogP contribution in [0.4, 0.5) is 0 Å². The van der Waals surface area contributed by atoms with Crippen LogP contribution in [0.25, 0.3) is 0 Å². The van der Waals surface area contributed by atoms with Crippen LogP contribution >= 0.6 is 0 Å². The largest absolute Gasteiger partial charge is 0.481 e. The van der Waals surface area contributed by atoms with Crippen LogP contribution in [-0.4, -0.2) is 35.5 Å². The number of aliphatic carboxylic acids is 1. The molecule has 20 heavy (non-hydrogen) atoms. The van der Waals surface area contributed by atoms with Gasteiger partial charge in [0.05, 0.1) is 11.8 Å². The van der Waals surface area contributed by atoms with Crippen LogP contribution in [0.1, 0.15) is 32.1 Å². The lowest BCUT2D eigenvalue weighted by atomic mass is 9.82. The van der Waals surface area contributed by atoms with Crippen LogP contribution in [0.15, 0.2) is 12.2 Å². The van der Waals surface area contributed by atoms with E-state index in [9.17, 15) is 14.4 Å². The summed E-state index contributed by atoms with van der Waals surface area (Å²) in [5.41, 5.74) is 0. The highest BCUT2D eigenvalue weighted by atomic mass is 16.4. The van der Waals surface area contributed by atoms with Crippen molar-refractivity contribution >= 4 is 17.8 Å². The SMILES string of the molecule is O=C(CCNC(=O)[C@@H]1CC=CC[C@@H]1C(=O)O)NC1CC1. The minimum Gasteiger partial charge on any atom is -0.481 e. The lowest BCUT2D eigenvalue weighted by Crippen LogP contribution is -2.40. The molecule has 0 aromatic heterocycles. The van der Waals surface area contributed by atoms with Gasteiger partial charge in [0.25, 0.3) is 0 Å². The molecule has 0 aromatic rings. The minimum atomic E-state index is -0.944. The lowest BCUT2D eigenvalue weighted by molar-refractivity contribution is -0.147. The molecule has 0 aliphatic heterocycles. The van der Waals surface area contributed by atoms with Crippen LogP contribution in [-0.2, 0) is 14.4 Å². The molecule has 0 spiro atoms. The quantitative estimate of drug-likeness (QED) is 0.615. The van der Waals surface area contributed by atoms with Gasteiger partial charge in [-0.25, -0.2) is 0 Å². The molecule has 3 N–H and O–H groups in total. The first-order chi connectivity index (χ1) is 9.58. The molecule has 110 valence electrons. The van der Waals surface area contributed by atoms with Crippen LogP contribution < -0.4 is 10.6 Å². The summed E-state index contributed by atoms with van der Waals surface area (Å²) in [6.07, 6.45) is 6.77. The predicted octanol–water partition coefficient (Wildman–Crippen LogP) is 0.438. The van der Waals surface area contributed by atoms with Crippen molar-refractivity contribution in [1.82, 2.24) is 10.6 Å². The molecule has 0 saturated heterocycles. The van der Waals surface area contributed by atoms with Crippen LogP contribution in [0.5, 0.6) is 0 Å². The highest BCUT2D eigenvalue weighted by molar-refractivity contribution is 5.85.